The van der Waals surface area contributed by atoms with E-state index in [0.29, 0.717) is 11.3 Å². The molecule has 0 aliphatic carbocycles. The van der Waals surface area contributed by atoms with Crippen LogP contribution in [-0.4, -0.2) is 28.6 Å². The Morgan fingerprint density at radius 2 is 1.88 bits per heavy atom. The van der Waals surface area contributed by atoms with E-state index in [2.05, 4.69) is 11.2 Å². The zero-order valence-electron chi connectivity index (χ0n) is 14.9. The zero-order valence-corrected chi connectivity index (χ0v) is 14.9. The van der Waals surface area contributed by atoms with E-state index in [9.17, 15) is 18.8 Å². The van der Waals surface area contributed by atoms with E-state index in [0.717, 1.165) is 0 Å². The minimum absolute atomic E-state index is 0.0609. The van der Waals surface area contributed by atoms with Crippen molar-refractivity contribution in [2.45, 2.75) is 20.3 Å². The molecule has 0 saturated heterocycles. The maximum atomic E-state index is 13.8. The second kappa shape index (κ2) is 7.79. The maximum absolute atomic E-state index is 13.8. The summed E-state index contributed by atoms with van der Waals surface area (Å²) in [6.45, 7) is 3.19. The Bertz CT molecular complexity index is 935. The lowest BCUT2D eigenvalue weighted by Crippen LogP contribution is -2.31. The lowest BCUT2D eigenvalue weighted by Gasteiger charge is -2.06. The van der Waals surface area contributed by atoms with Crippen LogP contribution in [0.5, 0.6) is 0 Å². The van der Waals surface area contributed by atoms with Crippen LogP contribution in [0.1, 0.15) is 37.7 Å². The molecule has 0 bridgehead atoms. The van der Waals surface area contributed by atoms with Gasteiger partial charge in [-0.1, -0.05) is 24.1 Å². The van der Waals surface area contributed by atoms with Crippen LogP contribution >= 0.6 is 0 Å². The predicted octanol–water partition coefficient (Wildman–Crippen LogP) is 2.14. The third-order valence-electron chi connectivity index (χ3n) is 4.29. The lowest BCUT2D eigenvalue weighted by molar-refractivity contribution is -0.116. The molecule has 2 aromatic rings. The first-order valence-corrected chi connectivity index (χ1v) is 7.98. The largest absolute Gasteiger partial charge is 0.345 e. The molecule has 0 atom stereocenters. The summed E-state index contributed by atoms with van der Waals surface area (Å²) in [5.41, 5.74) is 1.60. The zero-order chi connectivity index (χ0) is 19.4. The van der Waals surface area contributed by atoms with Gasteiger partial charge >= 0.3 is 0 Å². The first kappa shape index (κ1) is 19.1. The van der Waals surface area contributed by atoms with Crippen molar-refractivity contribution in [3.8, 4) is 12.3 Å². The van der Waals surface area contributed by atoms with Gasteiger partial charge in [0.15, 0.2) is 5.78 Å². The summed E-state index contributed by atoms with van der Waals surface area (Å²) in [5, 5.41) is 2.32. The van der Waals surface area contributed by atoms with Crippen LogP contribution in [0.3, 0.4) is 0 Å². The fraction of sp³-hybridized carbons (Fsp3) is 0.250. The monoisotopic (exact) mass is 354 g/mol. The summed E-state index contributed by atoms with van der Waals surface area (Å²) < 4.78 is 15.4. The van der Waals surface area contributed by atoms with Crippen molar-refractivity contribution in [3.63, 3.8) is 0 Å². The van der Waals surface area contributed by atoms with Crippen molar-refractivity contribution in [3.05, 3.63) is 58.2 Å². The number of benzene rings is 1. The fourth-order valence-electron chi connectivity index (χ4n) is 2.93. The van der Waals surface area contributed by atoms with E-state index in [4.69, 9.17) is 6.42 Å². The number of hydrogen-bond acceptors (Lipinski definition) is 3. The van der Waals surface area contributed by atoms with E-state index >= 15 is 0 Å². The molecule has 6 heteroatoms. The number of nitrogens with zero attached hydrogens (tertiary/aromatic N) is 1. The summed E-state index contributed by atoms with van der Waals surface area (Å²) >= 11 is 0. The number of Topliss-reactive ketones (excluding diaryl/α,β-unsaturated/α-hetero) is 2. The van der Waals surface area contributed by atoms with Gasteiger partial charge < -0.3 is 9.88 Å². The summed E-state index contributed by atoms with van der Waals surface area (Å²) in [6, 6.07) is 6.03. The van der Waals surface area contributed by atoms with Gasteiger partial charge in [-0.05, 0) is 31.0 Å². The normalized spacial score (nSPS) is 10.3. The summed E-state index contributed by atoms with van der Waals surface area (Å²) in [4.78, 5) is 37.1. The number of carbonyl (C=O) groups is 3. The van der Waals surface area contributed by atoms with Crippen LogP contribution in [-0.2, 0) is 18.3 Å². The van der Waals surface area contributed by atoms with Gasteiger partial charge in [0.2, 0.25) is 0 Å². The topological polar surface area (TPSA) is 68.2 Å². The first-order valence-electron chi connectivity index (χ1n) is 7.98. The fourth-order valence-corrected chi connectivity index (χ4v) is 2.93. The molecule has 1 aromatic carbocycles. The smallest absolute Gasteiger partial charge is 0.293 e. The van der Waals surface area contributed by atoms with Gasteiger partial charge in [0, 0.05) is 19.2 Å². The number of halogens is 1. The average Bonchev–Trinajstić information content (AvgIpc) is 2.83. The molecule has 0 saturated carbocycles. The van der Waals surface area contributed by atoms with Crippen molar-refractivity contribution in [1.29, 1.82) is 0 Å². The Kier molecular flexibility index (Phi) is 5.73. The van der Waals surface area contributed by atoms with Crippen LogP contribution in [0.2, 0.25) is 0 Å². The second-order valence-electron chi connectivity index (χ2n) is 5.90. The highest BCUT2D eigenvalue weighted by molar-refractivity contribution is 6.43. The number of ketones is 2. The summed E-state index contributed by atoms with van der Waals surface area (Å²) in [6.07, 6.45) is 4.94. The molecule has 0 spiro atoms. The molecular weight excluding hydrogens is 335 g/mol. The van der Waals surface area contributed by atoms with Gasteiger partial charge in [0.1, 0.15) is 5.82 Å². The molecule has 5 nitrogen and oxygen atoms in total. The van der Waals surface area contributed by atoms with Crippen molar-refractivity contribution >= 4 is 17.5 Å². The van der Waals surface area contributed by atoms with E-state index in [1.165, 1.54) is 12.1 Å². The molecule has 0 radical (unpaired) electrons. The SMILES string of the molecule is C#CCNC(=O)C(=O)c1c(C)c(C(=O)Cc2ccccc2F)n(C)c1C. The number of nitrogens with one attached hydrogen (secondary N) is 1. The number of terminal acetylenes is 1. The van der Waals surface area contributed by atoms with Gasteiger partial charge in [-0.2, -0.15) is 0 Å². The quantitative estimate of drug-likeness (QED) is 0.491. The summed E-state index contributed by atoms with van der Waals surface area (Å²) in [5.74, 6) is -0.153. The maximum Gasteiger partial charge on any atom is 0.293 e. The predicted molar refractivity (Wildman–Crippen MR) is 95.5 cm³/mol. The van der Waals surface area contributed by atoms with E-state index < -0.39 is 17.5 Å². The molecule has 0 unspecified atom stereocenters. The third kappa shape index (κ3) is 3.57. The van der Waals surface area contributed by atoms with Crippen molar-refractivity contribution < 1.29 is 18.8 Å². The van der Waals surface area contributed by atoms with E-state index in [1.54, 1.807) is 37.6 Å². The summed E-state index contributed by atoms with van der Waals surface area (Å²) in [7, 11) is 1.63. The van der Waals surface area contributed by atoms with Crippen LogP contribution in [0.25, 0.3) is 0 Å². The van der Waals surface area contributed by atoms with Crippen molar-refractivity contribution in [2.24, 2.45) is 7.05 Å². The molecule has 0 aliphatic heterocycles. The first-order chi connectivity index (χ1) is 12.3. The number of aromatic nitrogens is 1. The molecule has 134 valence electrons. The van der Waals surface area contributed by atoms with Gasteiger partial charge in [-0.25, -0.2) is 4.39 Å². The molecule has 1 aromatic heterocycles. The molecule has 0 aliphatic rings. The third-order valence-corrected chi connectivity index (χ3v) is 4.29. The van der Waals surface area contributed by atoms with Crippen molar-refractivity contribution in [2.75, 3.05) is 6.54 Å². The van der Waals surface area contributed by atoms with Crippen LogP contribution in [0, 0.1) is 32.0 Å². The van der Waals surface area contributed by atoms with Crippen LogP contribution < -0.4 is 5.32 Å². The molecule has 1 N–H and O–H groups in total. The highest BCUT2D eigenvalue weighted by atomic mass is 19.1. The average molecular weight is 354 g/mol. The minimum atomic E-state index is -0.826. The highest BCUT2D eigenvalue weighted by Crippen LogP contribution is 2.23. The van der Waals surface area contributed by atoms with Gasteiger partial charge in [-0.15, -0.1) is 6.42 Å². The van der Waals surface area contributed by atoms with Gasteiger partial charge in [-0.3, -0.25) is 14.4 Å². The Labute approximate surface area is 151 Å². The number of amides is 1. The minimum Gasteiger partial charge on any atom is -0.345 e. The molecule has 0 fully saturated rings. The van der Waals surface area contributed by atoms with Crippen LogP contribution in [0.15, 0.2) is 24.3 Å². The highest BCUT2D eigenvalue weighted by Gasteiger charge is 2.28. The van der Waals surface area contributed by atoms with Gasteiger partial charge in [0.25, 0.3) is 11.7 Å². The lowest BCUT2D eigenvalue weighted by atomic mass is 10.0. The van der Waals surface area contributed by atoms with Crippen LogP contribution in [0.4, 0.5) is 4.39 Å². The Morgan fingerprint density at radius 1 is 1.23 bits per heavy atom. The number of rotatable bonds is 6. The van der Waals surface area contributed by atoms with Gasteiger partial charge in [0.05, 0.1) is 17.8 Å². The molecule has 1 heterocycles. The van der Waals surface area contributed by atoms with E-state index in [1.807, 2.05) is 0 Å². The van der Waals surface area contributed by atoms with Crippen molar-refractivity contribution in [1.82, 2.24) is 9.88 Å². The Balaban J connectivity index is 2.38. The second-order valence-corrected chi connectivity index (χ2v) is 5.90. The molecule has 1 amide bonds. The molecule has 26 heavy (non-hydrogen) atoms. The molecule has 2 rings (SSSR count). The number of carbonyl (C=O) groups excluding carboxylic acids is 3. The Hall–Kier alpha value is -3.20. The van der Waals surface area contributed by atoms with E-state index in [-0.39, 0.29) is 35.6 Å². The molecular formula is C20H19FN2O3. The number of hydrogen-bond donors (Lipinski definition) is 1. The Morgan fingerprint density at radius 3 is 2.50 bits per heavy atom. The standard InChI is InChI=1S/C20H19FN2O3/c1-5-10-22-20(26)19(25)17-12(2)18(23(4)13(17)3)16(24)11-14-8-6-7-9-15(14)21/h1,6-9H,10-11H2,2-4H3,(H,22,26).